The second kappa shape index (κ2) is 6.85. The maximum Gasteiger partial charge on any atom is 0.230 e. The number of carbonyl (C=O) groups is 1. The van der Waals surface area contributed by atoms with Gasteiger partial charge in [-0.1, -0.05) is 0 Å². The molecule has 8 heteroatoms. The number of sulfonamides is 1. The smallest absolute Gasteiger partial charge is 0.230 e. The van der Waals surface area contributed by atoms with Crippen LogP contribution in [0.15, 0.2) is 22.8 Å². The number of rotatable bonds is 4. The fourth-order valence-electron chi connectivity index (χ4n) is 3.72. The van der Waals surface area contributed by atoms with Crippen LogP contribution in [0.1, 0.15) is 25.0 Å². The quantitative estimate of drug-likeness (QED) is 0.861. The molecule has 24 heavy (non-hydrogen) atoms. The van der Waals surface area contributed by atoms with E-state index in [2.05, 4.69) is 4.72 Å². The van der Waals surface area contributed by atoms with Gasteiger partial charge in [0.2, 0.25) is 15.9 Å². The van der Waals surface area contributed by atoms with Crippen LogP contribution in [-0.2, 0) is 26.0 Å². The van der Waals surface area contributed by atoms with Crippen molar-refractivity contribution >= 4 is 15.9 Å². The molecule has 0 radical (unpaired) electrons. The molecular formula is C16H24N2O5S. The van der Waals surface area contributed by atoms with Crippen LogP contribution in [0.5, 0.6) is 0 Å². The summed E-state index contributed by atoms with van der Waals surface area (Å²) in [5.74, 6) is 0.724. The lowest BCUT2D eigenvalue weighted by Crippen LogP contribution is -2.57. The van der Waals surface area contributed by atoms with Crippen LogP contribution in [0.25, 0.3) is 0 Å². The maximum absolute atomic E-state index is 12.4. The number of nitrogens with zero attached hydrogens (tertiary/aromatic N) is 1. The van der Waals surface area contributed by atoms with Crippen molar-refractivity contribution in [2.24, 2.45) is 5.41 Å². The molecule has 2 aliphatic heterocycles. The molecule has 3 heterocycles. The molecule has 0 saturated carbocycles. The van der Waals surface area contributed by atoms with Crippen molar-refractivity contribution in [1.82, 2.24) is 9.62 Å². The van der Waals surface area contributed by atoms with Crippen LogP contribution in [0, 0.1) is 5.41 Å². The Morgan fingerprint density at radius 1 is 1.38 bits per heavy atom. The van der Waals surface area contributed by atoms with Crippen molar-refractivity contribution < 1.29 is 22.4 Å². The SMILES string of the molecule is CS(=O)(=O)N[C@H]1COCCC12CCN(C(=O)Cc1ccco1)CC2. The largest absolute Gasteiger partial charge is 0.469 e. The number of ether oxygens (including phenoxy) is 1. The Bertz CT molecular complexity index is 663. The van der Waals surface area contributed by atoms with E-state index in [4.69, 9.17) is 9.15 Å². The summed E-state index contributed by atoms with van der Waals surface area (Å²) < 4.78 is 36.7. The minimum absolute atomic E-state index is 0.0551. The molecule has 2 fully saturated rings. The highest BCUT2D eigenvalue weighted by molar-refractivity contribution is 7.88. The van der Waals surface area contributed by atoms with Crippen molar-refractivity contribution in [1.29, 1.82) is 0 Å². The van der Waals surface area contributed by atoms with E-state index in [1.54, 1.807) is 18.4 Å². The van der Waals surface area contributed by atoms with Crippen LogP contribution in [0.4, 0.5) is 0 Å². The Morgan fingerprint density at radius 2 is 2.12 bits per heavy atom. The van der Waals surface area contributed by atoms with Gasteiger partial charge in [0, 0.05) is 19.7 Å². The first-order chi connectivity index (χ1) is 11.4. The fraction of sp³-hybridized carbons (Fsp3) is 0.688. The number of likely N-dealkylation sites (tertiary alicyclic amines) is 1. The Hall–Kier alpha value is -1.38. The molecule has 2 aliphatic rings. The summed E-state index contributed by atoms with van der Waals surface area (Å²) in [5.41, 5.74) is -0.122. The number of nitrogens with one attached hydrogen (secondary N) is 1. The normalized spacial score (nSPS) is 24.2. The van der Waals surface area contributed by atoms with E-state index in [0.29, 0.717) is 32.1 Å². The number of amides is 1. The van der Waals surface area contributed by atoms with Crippen molar-refractivity contribution in [2.75, 3.05) is 32.6 Å². The van der Waals surface area contributed by atoms with Gasteiger partial charge in [-0.15, -0.1) is 0 Å². The molecule has 1 spiro atoms. The second-order valence-electron chi connectivity index (χ2n) is 6.77. The van der Waals surface area contributed by atoms with Gasteiger partial charge in [0.05, 0.1) is 31.6 Å². The highest BCUT2D eigenvalue weighted by Gasteiger charge is 2.45. The number of hydrogen-bond acceptors (Lipinski definition) is 5. The summed E-state index contributed by atoms with van der Waals surface area (Å²) in [7, 11) is -3.29. The molecule has 0 bridgehead atoms. The lowest BCUT2D eigenvalue weighted by molar-refractivity contribution is -0.135. The van der Waals surface area contributed by atoms with E-state index in [9.17, 15) is 13.2 Å². The highest BCUT2D eigenvalue weighted by atomic mass is 32.2. The zero-order chi connectivity index (χ0) is 17.2. The molecule has 1 N–H and O–H groups in total. The molecule has 2 saturated heterocycles. The molecular weight excluding hydrogens is 332 g/mol. The molecule has 3 rings (SSSR count). The topological polar surface area (TPSA) is 88.9 Å². The predicted molar refractivity (Wildman–Crippen MR) is 87.9 cm³/mol. The van der Waals surface area contributed by atoms with Gasteiger partial charge in [0.15, 0.2) is 0 Å². The zero-order valence-corrected chi connectivity index (χ0v) is 14.7. The second-order valence-corrected chi connectivity index (χ2v) is 8.55. The Labute approximate surface area is 142 Å². The summed E-state index contributed by atoms with van der Waals surface area (Å²) in [6.45, 7) is 2.32. The Morgan fingerprint density at radius 3 is 2.75 bits per heavy atom. The Balaban J connectivity index is 1.62. The lowest BCUT2D eigenvalue weighted by atomic mass is 9.69. The van der Waals surface area contributed by atoms with Gasteiger partial charge >= 0.3 is 0 Å². The van der Waals surface area contributed by atoms with Gasteiger partial charge < -0.3 is 14.1 Å². The van der Waals surface area contributed by atoms with Gasteiger partial charge in [-0.05, 0) is 36.8 Å². The summed E-state index contributed by atoms with van der Waals surface area (Å²) in [5, 5.41) is 0. The monoisotopic (exact) mass is 356 g/mol. The summed E-state index contributed by atoms with van der Waals surface area (Å²) >= 11 is 0. The molecule has 1 aromatic heterocycles. The standard InChI is InChI=1S/C16H24N2O5S/c1-24(20,21)17-14-12-22-10-6-16(14)4-7-18(8-5-16)15(19)11-13-3-2-9-23-13/h2-3,9,14,17H,4-8,10-12H2,1H3/t14-/m0/s1. The van der Waals surface area contributed by atoms with Gasteiger partial charge in [0.25, 0.3) is 0 Å². The van der Waals surface area contributed by atoms with Crippen LogP contribution < -0.4 is 4.72 Å². The average molecular weight is 356 g/mol. The third kappa shape index (κ3) is 3.99. The van der Waals surface area contributed by atoms with Crippen molar-refractivity contribution in [3.8, 4) is 0 Å². The van der Waals surface area contributed by atoms with Gasteiger partial charge in [-0.3, -0.25) is 4.79 Å². The Kier molecular flexibility index (Phi) is 4.98. The van der Waals surface area contributed by atoms with Crippen LogP contribution >= 0.6 is 0 Å². The third-order valence-corrected chi connectivity index (χ3v) is 5.85. The summed E-state index contributed by atoms with van der Waals surface area (Å²) in [4.78, 5) is 14.2. The van der Waals surface area contributed by atoms with E-state index >= 15 is 0 Å². The van der Waals surface area contributed by atoms with Crippen LogP contribution in [-0.4, -0.2) is 57.8 Å². The molecule has 1 aromatic rings. The van der Waals surface area contributed by atoms with Gasteiger partial charge in [-0.25, -0.2) is 13.1 Å². The molecule has 1 atom stereocenters. The van der Waals surface area contributed by atoms with E-state index in [0.717, 1.165) is 19.3 Å². The van der Waals surface area contributed by atoms with E-state index in [1.807, 2.05) is 4.90 Å². The average Bonchev–Trinajstić information content (AvgIpc) is 3.02. The first kappa shape index (κ1) is 17.4. The molecule has 0 unspecified atom stereocenters. The number of hydrogen-bond donors (Lipinski definition) is 1. The minimum Gasteiger partial charge on any atom is -0.469 e. The van der Waals surface area contributed by atoms with Crippen LogP contribution in [0.3, 0.4) is 0 Å². The minimum atomic E-state index is -3.29. The molecule has 1 amide bonds. The maximum atomic E-state index is 12.4. The van der Waals surface area contributed by atoms with Crippen molar-refractivity contribution in [2.45, 2.75) is 31.7 Å². The van der Waals surface area contributed by atoms with Crippen molar-refractivity contribution in [3.05, 3.63) is 24.2 Å². The number of furan rings is 1. The molecule has 134 valence electrons. The third-order valence-electron chi connectivity index (χ3n) is 5.14. The predicted octanol–water partition coefficient (Wildman–Crippen LogP) is 0.769. The zero-order valence-electron chi connectivity index (χ0n) is 13.9. The summed E-state index contributed by atoms with van der Waals surface area (Å²) in [6, 6.07) is 3.36. The van der Waals surface area contributed by atoms with Gasteiger partial charge in [0.1, 0.15) is 5.76 Å². The van der Waals surface area contributed by atoms with E-state index in [-0.39, 0.29) is 23.8 Å². The first-order valence-electron chi connectivity index (χ1n) is 8.23. The summed E-state index contributed by atoms with van der Waals surface area (Å²) in [6.07, 6.45) is 5.41. The van der Waals surface area contributed by atoms with E-state index in [1.165, 1.54) is 6.26 Å². The molecule has 0 aliphatic carbocycles. The van der Waals surface area contributed by atoms with E-state index < -0.39 is 10.0 Å². The van der Waals surface area contributed by atoms with Crippen molar-refractivity contribution in [3.63, 3.8) is 0 Å². The fourth-order valence-corrected chi connectivity index (χ4v) is 4.55. The first-order valence-corrected chi connectivity index (χ1v) is 10.1. The van der Waals surface area contributed by atoms with Crippen LogP contribution in [0.2, 0.25) is 0 Å². The molecule has 7 nitrogen and oxygen atoms in total. The van der Waals surface area contributed by atoms with Gasteiger partial charge in [-0.2, -0.15) is 0 Å². The number of piperidine rings is 1. The highest BCUT2D eigenvalue weighted by Crippen LogP contribution is 2.41. The lowest BCUT2D eigenvalue weighted by Gasteiger charge is -2.48. The number of carbonyl (C=O) groups excluding carboxylic acids is 1. The molecule has 0 aromatic carbocycles.